The van der Waals surface area contributed by atoms with Crippen LogP contribution in [-0.2, 0) is 0 Å². The lowest BCUT2D eigenvalue weighted by molar-refractivity contribution is 0.339. The number of aliphatic hydroxyl groups excluding tert-OH is 1. The summed E-state index contributed by atoms with van der Waals surface area (Å²) in [5.74, 6) is 1.47. The van der Waals surface area contributed by atoms with E-state index in [0.717, 1.165) is 11.3 Å². The molecule has 0 saturated heterocycles. The summed E-state index contributed by atoms with van der Waals surface area (Å²) in [6.07, 6.45) is 4.06. The molecular weight excluding hydrogens is 260 g/mol. The lowest BCUT2D eigenvalue weighted by Crippen LogP contribution is -1.98. The van der Waals surface area contributed by atoms with Crippen molar-refractivity contribution in [2.45, 2.75) is 20.3 Å². The van der Waals surface area contributed by atoms with Crippen LogP contribution in [0.3, 0.4) is 0 Å². The molecule has 0 aliphatic heterocycles. The van der Waals surface area contributed by atoms with Crippen molar-refractivity contribution in [3.8, 4) is 16.9 Å². The highest BCUT2D eigenvalue weighted by Gasteiger charge is 2.05. The number of hydrogen-bond donors (Lipinski definition) is 1. The van der Waals surface area contributed by atoms with E-state index < -0.39 is 0 Å². The third kappa shape index (κ3) is 3.99. The van der Waals surface area contributed by atoms with Crippen LogP contribution in [0.4, 0.5) is 0 Å². The summed E-state index contributed by atoms with van der Waals surface area (Å²) in [6, 6.07) is 18.1. The number of ether oxygens (including phenoxy) is 1. The number of aliphatic hydroxyl groups is 1. The van der Waals surface area contributed by atoms with E-state index in [0.29, 0.717) is 12.2 Å². The molecule has 2 rings (SSSR count). The molecule has 0 amide bonds. The molecule has 0 atom stereocenters. The topological polar surface area (TPSA) is 29.5 Å². The molecule has 0 aliphatic rings. The van der Waals surface area contributed by atoms with Crippen molar-refractivity contribution in [2.24, 2.45) is 0 Å². The Bertz CT molecular complexity index is 622. The quantitative estimate of drug-likeness (QED) is 0.579. The van der Waals surface area contributed by atoms with Gasteiger partial charge in [-0.15, -0.1) is 0 Å². The summed E-state index contributed by atoms with van der Waals surface area (Å²) in [5.41, 5.74) is 2.31. The van der Waals surface area contributed by atoms with E-state index in [1.54, 1.807) is 12.2 Å². The summed E-state index contributed by atoms with van der Waals surface area (Å²) < 4.78 is 5.75. The maximum atomic E-state index is 9.87. The standard InChI is InChI=1S/C19H20O2/c1-3-8-18(20)19(4-2)21-17-13-11-16(12-14-17)15-9-6-5-7-10-15/h3,5-14,20H,4H2,1-2H3/b8-3-,19-18-. The summed E-state index contributed by atoms with van der Waals surface area (Å²) >= 11 is 0. The molecule has 2 nitrogen and oxygen atoms in total. The van der Waals surface area contributed by atoms with Gasteiger partial charge in [-0.3, -0.25) is 0 Å². The Balaban J connectivity index is 2.18. The summed E-state index contributed by atoms with van der Waals surface area (Å²) in [4.78, 5) is 0. The lowest BCUT2D eigenvalue weighted by atomic mass is 10.1. The Hall–Kier alpha value is -2.48. The molecule has 0 aromatic heterocycles. The Morgan fingerprint density at radius 1 is 1.00 bits per heavy atom. The van der Waals surface area contributed by atoms with Crippen molar-refractivity contribution in [3.63, 3.8) is 0 Å². The van der Waals surface area contributed by atoms with Gasteiger partial charge in [-0.25, -0.2) is 0 Å². The molecule has 0 spiro atoms. The minimum absolute atomic E-state index is 0.173. The molecule has 0 saturated carbocycles. The number of benzene rings is 2. The Labute approximate surface area is 126 Å². The third-order valence-electron chi connectivity index (χ3n) is 3.13. The second kappa shape index (κ2) is 7.34. The Morgan fingerprint density at radius 2 is 1.62 bits per heavy atom. The van der Waals surface area contributed by atoms with Gasteiger partial charge < -0.3 is 9.84 Å². The molecule has 0 unspecified atom stereocenters. The summed E-state index contributed by atoms with van der Waals surface area (Å²) in [6.45, 7) is 3.81. The second-order valence-corrected chi connectivity index (χ2v) is 4.65. The van der Waals surface area contributed by atoms with Crippen molar-refractivity contribution >= 4 is 0 Å². The maximum Gasteiger partial charge on any atom is 0.153 e. The predicted octanol–water partition coefficient (Wildman–Crippen LogP) is 5.49. The minimum Gasteiger partial charge on any atom is -0.504 e. The zero-order chi connectivity index (χ0) is 15.1. The second-order valence-electron chi connectivity index (χ2n) is 4.65. The first kappa shape index (κ1) is 14.9. The molecule has 2 aromatic rings. The van der Waals surface area contributed by atoms with Gasteiger partial charge in [-0.1, -0.05) is 55.5 Å². The smallest absolute Gasteiger partial charge is 0.153 e. The van der Waals surface area contributed by atoms with Gasteiger partial charge in [0.1, 0.15) is 11.5 Å². The zero-order valence-electron chi connectivity index (χ0n) is 12.4. The highest BCUT2D eigenvalue weighted by Crippen LogP contribution is 2.24. The van der Waals surface area contributed by atoms with E-state index in [4.69, 9.17) is 4.74 Å². The van der Waals surface area contributed by atoms with Crippen LogP contribution in [0.25, 0.3) is 11.1 Å². The minimum atomic E-state index is 0.173. The van der Waals surface area contributed by atoms with Gasteiger partial charge in [-0.05, 0) is 36.3 Å². The molecule has 0 fully saturated rings. The van der Waals surface area contributed by atoms with E-state index in [9.17, 15) is 5.11 Å². The average Bonchev–Trinajstić information content (AvgIpc) is 2.54. The fourth-order valence-corrected chi connectivity index (χ4v) is 2.04. The van der Waals surface area contributed by atoms with E-state index >= 15 is 0 Å². The zero-order valence-corrected chi connectivity index (χ0v) is 12.4. The first-order valence-electron chi connectivity index (χ1n) is 7.12. The molecule has 0 heterocycles. The van der Waals surface area contributed by atoms with Crippen LogP contribution in [0.1, 0.15) is 20.3 Å². The van der Waals surface area contributed by atoms with Gasteiger partial charge in [0.2, 0.25) is 0 Å². The fraction of sp³-hybridized carbons (Fsp3) is 0.158. The molecule has 2 aromatic carbocycles. The monoisotopic (exact) mass is 280 g/mol. The Morgan fingerprint density at radius 3 is 2.19 bits per heavy atom. The number of allylic oxidation sites excluding steroid dienone is 3. The van der Waals surface area contributed by atoms with Crippen molar-refractivity contribution in [3.05, 3.63) is 78.3 Å². The van der Waals surface area contributed by atoms with E-state index in [-0.39, 0.29) is 5.76 Å². The molecule has 2 heteroatoms. The number of rotatable bonds is 5. The fourth-order valence-electron chi connectivity index (χ4n) is 2.04. The van der Waals surface area contributed by atoms with E-state index in [2.05, 4.69) is 12.1 Å². The molecule has 21 heavy (non-hydrogen) atoms. The van der Waals surface area contributed by atoms with E-state index in [1.165, 1.54) is 5.56 Å². The molecule has 1 N–H and O–H groups in total. The van der Waals surface area contributed by atoms with Gasteiger partial charge in [-0.2, -0.15) is 0 Å². The van der Waals surface area contributed by atoms with Gasteiger partial charge in [0.15, 0.2) is 5.76 Å². The number of hydrogen-bond acceptors (Lipinski definition) is 2. The van der Waals surface area contributed by atoms with Crippen molar-refractivity contribution in [1.82, 2.24) is 0 Å². The largest absolute Gasteiger partial charge is 0.504 e. The van der Waals surface area contributed by atoms with Crippen LogP contribution in [0, 0.1) is 0 Å². The molecular formula is C19H20O2. The van der Waals surface area contributed by atoms with Gasteiger partial charge in [0.05, 0.1) is 0 Å². The molecule has 0 radical (unpaired) electrons. The Kier molecular flexibility index (Phi) is 5.22. The summed E-state index contributed by atoms with van der Waals surface area (Å²) in [7, 11) is 0. The first-order valence-corrected chi connectivity index (χ1v) is 7.12. The van der Waals surface area contributed by atoms with Crippen molar-refractivity contribution < 1.29 is 9.84 Å². The van der Waals surface area contributed by atoms with Crippen molar-refractivity contribution in [1.29, 1.82) is 0 Å². The molecule has 0 bridgehead atoms. The van der Waals surface area contributed by atoms with E-state index in [1.807, 2.05) is 56.3 Å². The first-order chi connectivity index (χ1) is 10.2. The van der Waals surface area contributed by atoms with Crippen LogP contribution in [0.2, 0.25) is 0 Å². The van der Waals surface area contributed by atoms with Crippen molar-refractivity contribution in [2.75, 3.05) is 0 Å². The maximum absolute atomic E-state index is 9.87. The lowest BCUT2D eigenvalue weighted by Gasteiger charge is -2.10. The van der Waals surface area contributed by atoms with Gasteiger partial charge >= 0.3 is 0 Å². The van der Waals surface area contributed by atoms with Crippen LogP contribution >= 0.6 is 0 Å². The van der Waals surface area contributed by atoms with Crippen LogP contribution in [0.5, 0.6) is 5.75 Å². The molecule has 108 valence electrons. The molecule has 0 aliphatic carbocycles. The highest BCUT2D eigenvalue weighted by molar-refractivity contribution is 5.63. The average molecular weight is 280 g/mol. The summed E-state index contributed by atoms with van der Waals surface area (Å²) in [5, 5.41) is 9.87. The predicted molar refractivity (Wildman–Crippen MR) is 87.3 cm³/mol. The van der Waals surface area contributed by atoms with Gasteiger partial charge in [0.25, 0.3) is 0 Å². The van der Waals surface area contributed by atoms with Gasteiger partial charge in [0, 0.05) is 6.42 Å². The highest BCUT2D eigenvalue weighted by atomic mass is 16.5. The third-order valence-corrected chi connectivity index (χ3v) is 3.13. The normalized spacial score (nSPS) is 12.3. The van der Waals surface area contributed by atoms with Crippen LogP contribution < -0.4 is 4.74 Å². The van der Waals surface area contributed by atoms with Crippen LogP contribution in [-0.4, -0.2) is 5.11 Å². The SMILES string of the molecule is C/C=C\C(O)=C(/CC)Oc1ccc(-c2ccccc2)cc1. The van der Waals surface area contributed by atoms with Crippen LogP contribution in [0.15, 0.2) is 78.3 Å².